The Morgan fingerprint density at radius 2 is 1.43 bits per heavy atom. The van der Waals surface area contributed by atoms with E-state index in [9.17, 15) is 9.59 Å². The summed E-state index contributed by atoms with van der Waals surface area (Å²) in [6.07, 6.45) is 13.9. The molecule has 4 unspecified atom stereocenters. The van der Waals surface area contributed by atoms with Crippen molar-refractivity contribution in [2.75, 3.05) is 13.2 Å². The first-order valence-corrected chi connectivity index (χ1v) is 11.5. The van der Waals surface area contributed by atoms with Crippen molar-refractivity contribution in [2.24, 2.45) is 23.7 Å². The molecule has 0 N–H and O–H groups in total. The quantitative estimate of drug-likeness (QED) is 0.264. The lowest BCUT2D eigenvalue weighted by Crippen LogP contribution is -2.29. The maximum atomic E-state index is 12.5. The standard InChI is InChI=1S/C24H42O4/c1-5-9-12-19(7-3)17-27-23(25)21-14-11-15-22(16-21)24(26)28-18-20(8-4)13-10-6-2/h11,14,19-22H,5-10,12-13,15-18H2,1-4H3. The topological polar surface area (TPSA) is 52.6 Å². The molecule has 0 aromatic carbocycles. The highest BCUT2D eigenvalue weighted by atomic mass is 16.5. The van der Waals surface area contributed by atoms with E-state index < -0.39 is 0 Å². The van der Waals surface area contributed by atoms with Gasteiger partial charge in [-0.25, -0.2) is 0 Å². The lowest BCUT2D eigenvalue weighted by atomic mass is 9.86. The van der Waals surface area contributed by atoms with Gasteiger partial charge in [-0.1, -0.05) is 78.4 Å². The molecule has 1 aliphatic carbocycles. The second kappa shape index (κ2) is 14.6. The predicted molar refractivity (Wildman–Crippen MR) is 114 cm³/mol. The summed E-state index contributed by atoms with van der Waals surface area (Å²) in [6, 6.07) is 0. The molecule has 0 aromatic rings. The van der Waals surface area contributed by atoms with Gasteiger partial charge >= 0.3 is 11.9 Å². The summed E-state index contributed by atoms with van der Waals surface area (Å²) >= 11 is 0. The Hall–Kier alpha value is -1.32. The van der Waals surface area contributed by atoms with Crippen LogP contribution >= 0.6 is 0 Å². The Morgan fingerprint density at radius 1 is 0.893 bits per heavy atom. The first-order chi connectivity index (χ1) is 13.5. The average Bonchev–Trinajstić information content (AvgIpc) is 2.73. The Morgan fingerprint density at radius 3 is 1.93 bits per heavy atom. The van der Waals surface area contributed by atoms with E-state index in [0.29, 0.717) is 37.9 Å². The van der Waals surface area contributed by atoms with Crippen LogP contribution < -0.4 is 0 Å². The van der Waals surface area contributed by atoms with Crippen LogP contribution in [0.2, 0.25) is 0 Å². The zero-order valence-corrected chi connectivity index (χ0v) is 18.6. The van der Waals surface area contributed by atoms with E-state index in [1.807, 2.05) is 12.2 Å². The third-order valence-electron chi connectivity index (χ3n) is 5.97. The molecule has 0 bridgehead atoms. The largest absolute Gasteiger partial charge is 0.465 e. The molecule has 0 saturated heterocycles. The van der Waals surface area contributed by atoms with Crippen molar-refractivity contribution in [3.05, 3.63) is 12.2 Å². The van der Waals surface area contributed by atoms with Gasteiger partial charge in [-0.3, -0.25) is 9.59 Å². The molecule has 28 heavy (non-hydrogen) atoms. The van der Waals surface area contributed by atoms with Gasteiger partial charge in [0.2, 0.25) is 0 Å². The number of hydrogen-bond acceptors (Lipinski definition) is 4. The summed E-state index contributed by atoms with van der Waals surface area (Å²) in [4.78, 5) is 24.9. The van der Waals surface area contributed by atoms with Gasteiger partial charge in [-0.05, 0) is 37.5 Å². The molecule has 0 spiro atoms. The van der Waals surface area contributed by atoms with Crippen molar-refractivity contribution in [1.29, 1.82) is 0 Å². The molecule has 1 rings (SSSR count). The highest BCUT2D eigenvalue weighted by Crippen LogP contribution is 2.27. The monoisotopic (exact) mass is 394 g/mol. The van der Waals surface area contributed by atoms with Crippen LogP contribution in [-0.2, 0) is 19.1 Å². The summed E-state index contributed by atoms with van der Waals surface area (Å²) in [5.41, 5.74) is 0. The summed E-state index contributed by atoms with van der Waals surface area (Å²) in [5, 5.41) is 0. The molecule has 0 saturated carbocycles. The first-order valence-electron chi connectivity index (χ1n) is 11.5. The number of carbonyl (C=O) groups excluding carboxylic acids is 2. The minimum atomic E-state index is -0.322. The number of allylic oxidation sites excluding steroid dienone is 1. The number of rotatable bonds is 14. The van der Waals surface area contributed by atoms with Crippen molar-refractivity contribution in [2.45, 2.75) is 91.9 Å². The molecule has 0 fully saturated rings. The van der Waals surface area contributed by atoms with Crippen molar-refractivity contribution in [3.8, 4) is 0 Å². The van der Waals surface area contributed by atoms with E-state index in [1.54, 1.807) is 0 Å². The van der Waals surface area contributed by atoms with Gasteiger partial charge in [0, 0.05) is 0 Å². The summed E-state index contributed by atoms with van der Waals surface area (Å²) in [6.45, 7) is 9.64. The van der Waals surface area contributed by atoms with Crippen molar-refractivity contribution in [1.82, 2.24) is 0 Å². The second-order valence-electron chi connectivity index (χ2n) is 8.30. The number of ether oxygens (including phenoxy) is 2. The fraction of sp³-hybridized carbons (Fsp3) is 0.833. The highest BCUT2D eigenvalue weighted by molar-refractivity contribution is 5.78. The molecule has 0 aliphatic heterocycles. The smallest absolute Gasteiger partial charge is 0.312 e. The lowest BCUT2D eigenvalue weighted by Gasteiger charge is -2.24. The van der Waals surface area contributed by atoms with Crippen LogP contribution in [0.15, 0.2) is 12.2 Å². The molecule has 0 heterocycles. The third-order valence-corrected chi connectivity index (χ3v) is 5.97. The molecule has 0 aromatic heterocycles. The lowest BCUT2D eigenvalue weighted by molar-refractivity contribution is -0.153. The van der Waals surface area contributed by atoms with Crippen LogP contribution in [0.1, 0.15) is 91.9 Å². The number of esters is 2. The Labute approximate surface area is 172 Å². The molecule has 4 heteroatoms. The SMILES string of the molecule is CCCCC(CC)COC(=O)C1C=CCC(C(=O)OCC(CC)CCCC)C1. The minimum Gasteiger partial charge on any atom is -0.465 e. The molecule has 0 amide bonds. The van der Waals surface area contributed by atoms with Crippen LogP contribution in [0.4, 0.5) is 0 Å². The molecule has 4 nitrogen and oxygen atoms in total. The van der Waals surface area contributed by atoms with Crippen LogP contribution in [0.3, 0.4) is 0 Å². The summed E-state index contributed by atoms with van der Waals surface area (Å²) < 4.78 is 11.2. The van der Waals surface area contributed by atoms with Crippen LogP contribution in [0.5, 0.6) is 0 Å². The molecule has 4 atom stereocenters. The van der Waals surface area contributed by atoms with E-state index in [2.05, 4.69) is 27.7 Å². The van der Waals surface area contributed by atoms with E-state index >= 15 is 0 Å². The first kappa shape index (κ1) is 24.7. The molecule has 0 radical (unpaired) electrons. The maximum absolute atomic E-state index is 12.5. The second-order valence-corrected chi connectivity index (χ2v) is 8.30. The summed E-state index contributed by atoms with van der Waals surface area (Å²) in [5.74, 6) is -0.0286. The summed E-state index contributed by atoms with van der Waals surface area (Å²) in [7, 11) is 0. The van der Waals surface area contributed by atoms with E-state index in [1.165, 1.54) is 19.3 Å². The minimum absolute atomic E-state index is 0.161. The van der Waals surface area contributed by atoms with Gasteiger partial charge in [0.05, 0.1) is 25.0 Å². The highest BCUT2D eigenvalue weighted by Gasteiger charge is 2.30. The van der Waals surface area contributed by atoms with Crippen LogP contribution in [0.25, 0.3) is 0 Å². The fourth-order valence-electron chi connectivity index (χ4n) is 3.68. The van der Waals surface area contributed by atoms with Gasteiger partial charge in [-0.2, -0.15) is 0 Å². The van der Waals surface area contributed by atoms with E-state index in [4.69, 9.17) is 9.47 Å². The molecular formula is C24H42O4. The average molecular weight is 395 g/mol. The third kappa shape index (κ3) is 9.25. The maximum Gasteiger partial charge on any atom is 0.312 e. The fourth-order valence-corrected chi connectivity index (χ4v) is 3.68. The number of unbranched alkanes of at least 4 members (excludes halogenated alkanes) is 2. The zero-order chi connectivity index (χ0) is 20.8. The van der Waals surface area contributed by atoms with Crippen LogP contribution in [-0.4, -0.2) is 25.2 Å². The van der Waals surface area contributed by atoms with Gasteiger partial charge in [-0.15, -0.1) is 0 Å². The van der Waals surface area contributed by atoms with Crippen molar-refractivity contribution < 1.29 is 19.1 Å². The van der Waals surface area contributed by atoms with E-state index in [0.717, 1.165) is 32.1 Å². The Bertz CT molecular complexity index is 471. The van der Waals surface area contributed by atoms with Crippen molar-refractivity contribution >= 4 is 11.9 Å². The van der Waals surface area contributed by atoms with Crippen molar-refractivity contribution in [3.63, 3.8) is 0 Å². The molecule has 162 valence electrons. The van der Waals surface area contributed by atoms with Gasteiger partial charge in [0.1, 0.15) is 0 Å². The molecular weight excluding hydrogens is 352 g/mol. The van der Waals surface area contributed by atoms with Gasteiger partial charge < -0.3 is 9.47 Å². The number of hydrogen-bond donors (Lipinski definition) is 0. The normalized spacial score (nSPS) is 21.1. The predicted octanol–water partition coefficient (Wildman–Crippen LogP) is 6.09. The molecule has 1 aliphatic rings. The Kier molecular flexibility index (Phi) is 12.9. The zero-order valence-electron chi connectivity index (χ0n) is 18.6. The van der Waals surface area contributed by atoms with Gasteiger partial charge in [0.25, 0.3) is 0 Å². The van der Waals surface area contributed by atoms with Crippen LogP contribution in [0, 0.1) is 23.7 Å². The van der Waals surface area contributed by atoms with E-state index in [-0.39, 0.29) is 23.8 Å². The van der Waals surface area contributed by atoms with Gasteiger partial charge in [0.15, 0.2) is 0 Å². The number of carbonyl (C=O) groups is 2. The Balaban J connectivity index is 2.43.